The predicted octanol–water partition coefficient (Wildman–Crippen LogP) is -4.40. The van der Waals surface area contributed by atoms with E-state index in [1.807, 2.05) is 0 Å². The van der Waals surface area contributed by atoms with Gasteiger partial charge < -0.3 is 83.1 Å². The lowest BCUT2D eigenvalue weighted by Crippen LogP contribution is -2.45. The van der Waals surface area contributed by atoms with Crippen molar-refractivity contribution in [2.24, 2.45) is 16.7 Å². The van der Waals surface area contributed by atoms with E-state index >= 15 is 0 Å². The normalized spacial score (nSPS) is 12.4. The van der Waals surface area contributed by atoms with Crippen molar-refractivity contribution in [2.75, 3.05) is 96.7 Å². The second-order valence-electron chi connectivity index (χ2n) is 14.2. The molecule has 0 aliphatic rings. The third-order valence-electron chi connectivity index (χ3n) is 8.52. The molecule has 28 nitrogen and oxygen atoms in total. The molecule has 0 aromatic carbocycles. The molecule has 30 heteroatoms. The Kier molecular flexibility index (Phi) is 37.4. The molecule has 0 heterocycles. The SMILES string of the molecule is N/N=C(\N)CNCC(=O)NSCCCC(=O)NCCOCCOCC(=O)NC(CCC(=O)NC(CCC(=O)NCCOCCOCC(=O)NC(CCCCNC(=O)CBr)C(=O)O)C(=O)O)C(=O)O. The smallest absolute Gasteiger partial charge is 0.326 e. The molecule has 0 spiro atoms. The van der Waals surface area contributed by atoms with E-state index in [2.05, 4.69) is 63.0 Å². The van der Waals surface area contributed by atoms with Gasteiger partial charge in [0.15, 0.2) is 0 Å². The highest BCUT2D eigenvalue weighted by atomic mass is 79.9. The molecule has 0 saturated heterocycles. The van der Waals surface area contributed by atoms with Gasteiger partial charge in [-0.25, -0.2) is 14.4 Å². The first-order chi connectivity index (χ1) is 32.5. The van der Waals surface area contributed by atoms with Crippen molar-refractivity contribution >= 4 is 93.0 Å². The molecule has 68 heavy (non-hydrogen) atoms. The molecule has 0 aliphatic carbocycles. The summed E-state index contributed by atoms with van der Waals surface area (Å²) in [5, 5.41) is 49.2. The molecular formula is C38H66BrN11O17S. The van der Waals surface area contributed by atoms with Crippen molar-refractivity contribution in [1.82, 2.24) is 41.9 Å². The Balaban J connectivity index is 4.15. The summed E-state index contributed by atoms with van der Waals surface area (Å²) in [6.45, 7) is 0.170. The summed E-state index contributed by atoms with van der Waals surface area (Å²) in [6.07, 6.45) is 0.472. The minimum absolute atomic E-state index is 0.0115. The fraction of sp³-hybridized carbons (Fsp3) is 0.711. The van der Waals surface area contributed by atoms with Crippen LogP contribution in [0.5, 0.6) is 0 Å². The van der Waals surface area contributed by atoms with Gasteiger partial charge in [0.25, 0.3) is 0 Å². The number of amides is 7. The minimum Gasteiger partial charge on any atom is -0.480 e. The summed E-state index contributed by atoms with van der Waals surface area (Å²) >= 11 is 4.18. The van der Waals surface area contributed by atoms with E-state index in [4.69, 9.17) is 30.5 Å². The van der Waals surface area contributed by atoms with E-state index in [9.17, 15) is 63.3 Å². The highest BCUT2D eigenvalue weighted by molar-refractivity contribution is 9.09. The first-order valence-electron chi connectivity index (χ1n) is 21.4. The average molecular weight is 1060 g/mol. The second kappa shape index (κ2) is 40.6. The molecule has 0 fully saturated rings. The number of nitrogens with zero attached hydrogens (tertiary/aromatic N) is 1. The number of carbonyl (C=O) groups excluding carboxylic acids is 7. The summed E-state index contributed by atoms with van der Waals surface area (Å²) in [4.78, 5) is 119. The zero-order chi connectivity index (χ0) is 51.0. The molecule has 3 unspecified atom stereocenters. The fourth-order valence-electron chi connectivity index (χ4n) is 5.10. The van der Waals surface area contributed by atoms with Crippen LogP contribution in [-0.4, -0.2) is 195 Å². The lowest BCUT2D eigenvalue weighted by Gasteiger charge is -2.17. The topological polar surface area (TPSA) is 429 Å². The van der Waals surface area contributed by atoms with E-state index in [0.29, 0.717) is 31.6 Å². The minimum atomic E-state index is -1.49. The number of halogens is 1. The molecule has 0 saturated carbocycles. The maximum atomic E-state index is 12.5. The Morgan fingerprint density at radius 1 is 0.529 bits per heavy atom. The van der Waals surface area contributed by atoms with Gasteiger partial charge in [0.2, 0.25) is 41.4 Å². The number of alkyl halides is 1. The van der Waals surface area contributed by atoms with Gasteiger partial charge >= 0.3 is 17.9 Å². The number of hydrogen-bond donors (Lipinski definition) is 13. The van der Waals surface area contributed by atoms with Crippen molar-refractivity contribution < 1.29 is 82.2 Å². The van der Waals surface area contributed by atoms with E-state index in [0.717, 1.165) is 11.9 Å². The van der Waals surface area contributed by atoms with Gasteiger partial charge in [0, 0.05) is 44.6 Å². The zero-order valence-electron chi connectivity index (χ0n) is 37.6. The molecule has 0 radical (unpaired) electrons. The summed E-state index contributed by atoms with van der Waals surface area (Å²) in [5.74, 6) is -1.88. The van der Waals surface area contributed by atoms with Crippen LogP contribution in [0.25, 0.3) is 0 Å². The lowest BCUT2D eigenvalue weighted by molar-refractivity contribution is -0.144. The highest BCUT2D eigenvalue weighted by Gasteiger charge is 2.25. The molecule has 0 aromatic heterocycles. The van der Waals surface area contributed by atoms with E-state index in [1.54, 1.807) is 0 Å². The van der Waals surface area contributed by atoms with E-state index < -0.39 is 79.3 Å². The third kappa shape index (κ3) is 36.7. The number of hydrogen-bond acceptors (Lipinski definition) is 18. The standard InChI is InChI=1S/C38H66BrN11O17S/c39-20-32(54)43-10-2-1-4-25(36(58)59)47-34(56)23-66-17-16-65-14-12-45-30(52)8-6-26(37(60)61)46-31(53)9-7-27(38(62)63)48-35(57)24-67-18-15-64-13-11-44-29(51)5-3-19-68-50-33(55)22-42-21-28(40)49-41/h25-27,42H,1-24,41H2,(H2,40,49)(H,43,54)(H,44,51)(H,45,52)(H,46,53)(H,47,56)(H,48,57)(H,50,55)(H,58,59)(H,60,61)(H,62,63). The first kappa shape index (κ1) is 62.6. The van der Waals surface area contributed by atoms with Gasteiger partial charge in [0.1, 0.15) is 37.2 Å². The predicted molar refractivity (Wildman–Crippen MR) is 246 cm³/mol. The van der Waals surface area contributed by atoms with Crippen LogP contribution in [0, 0.1) is 0 Å². The second-order valence-corrected chi connectivity index (χ2v) is 15.6. The Labute approximate surface area is 405 Å². The number of carbonyl (C=O) groups is 10. The Bertz CT molecular complexity index is 1620. The van der Waals surface area contributed by atoms with Gasteiger partial charge in [-0.05, 0) is 38.5 Å². The maximum Gasteiger partial charge on any atom is 0.326 e. The first-order valence-corrected chi connectivity index (χ1v) is 23.5. The molecule has 7 amide bonds. The van der Waals surface area contributed by atoms with Gasteiger partial charge in [-0.1, -0.05) is 27.9 Å². The number of nitrogens with one attached hydrogen (secondary N) is 8. The molecule has 0 bridgehead atoms. The molecule has 0 aliphatic heterocycles. The van der Waals surface area contributed by atoms with Crippen LogP contribution >= 0.6 is 27.9 Å². The summed E-state index contributed by atoms with van der Waals surface area (Å²) in [7, 11) is 0. The number of hydrazone groups is 1. The number of ether oxygens (including phenoxy) is 4. The van der Waals surface area contributed by atoms with Crippen LogP contribution in [0.1, 0.15) is 57.8 Å². The van der Waals surface area contributed by atoms with Crippen molar-refractivity contribution in [2.45, 2.75) is 75.9 Å². The summed E-state index contributed by atoms with van der Waals surface area (Å²) in [6, 6.07) is -4.08. The van der Waals surface area contributed by atoms with Crippen LogP contribution in [-0.2, 0) is 66.9 Å². The molecule has 388 valence electrons. The van der Waals surface area contributed by atoms with Crippen molar-refractivity contribution in [3.8, 4) is 0 Å². The Morgan fingerprint density at radius 3 is 1.51 bits per heavy atom. The number of carboxylic acid groups (broad SMARTS) is 3. The largest absolute Gasteiger partial charge is 0.480 e. The van der Waals surface area contributed by atoms with E-state index in [1.165, 1.54) is 0 Å². The van der Waals surface area contributed by atoms with Gasteiger partial charge in [-0.15, -0.1) is 0 Å². The number of rotatable bonds is 43. The fourth-order valence-corrected chi connectivity index (χ4v) is 5.93. The molecule has 0 rings (SSSR count). The van der Waals surface area contributed by atoms with Crippen LogP contribution in [0.2, 0.25) is 0 Å². The van der Waals surface area contributed by atoms with Gasteiger partial charge in [0.05, 0.1) is 58.1 Å². The molecular weight excluding hydrogens is 994 g/mol. The Hall–Kier alpha value is -5.40. The average Bonchev–Trinajstić information content (AvgIpc) is 3.29. The van der Waals surface area contributed by atoms with Crippen LogP contribution in [0.4, 0.5) is 0 Å². The third-order valence-corrected chi connectivity index (χ3v) is 9.90. The monoisotopic (exact) mass is 1060 g/mol. The summed E-state index contributed by atoms with van der Waals surface area (Å²) in [5.41, 5.74) is 5.41. The highest BCUT2D eigenvalue weighted by Crippen LogP contribution is 2.04. The molecule has 3 atom stereocenters. The van der Waals surface area contributed by atoms with Crippen LogP contribution in [0.15, 0.2) is 5.10 Å². The van der Waals surface area contributed by atoms with Crippen molar-refractivity contribution in [3.05, 3.63) is 0 Å². The zero-order valence-corrected chi connectivity index (χ0v) is 40.1. The number of amidine groups is 1. The summed E-state index contributed by atoms with van der Waals surface area (Å²) < 4.78 is 23.6. The van der Waals surface area contributed by atoms with Crippen molar-refractivity contribution in [1.29, 1.82) is 0 Å². The number of nitrogens with two attached hydrogens (primary N) is 2. The van der Waals surface area contributed by atoms with Crippen molar-refractivity contribution in [3.63, 3.8) is 0 Å². The van der Waals surface area contributed by atoms with Gasteiger partial charge in [-0.2, -0.15) is 5.10 Å². The van der Waals surface area contributed by atoms with Crippen LogP contribution in [0.3, 0.4) is 0 Å². The van der Waals surface area contributed by atoms with E-state index in [-0.39, 0.29) is 127 Å². The number of unbranched alkanes of at least 4 members (excludes halogenated alkanes) is 1. The Morgan fingerprint density at radius 2 is 1.00 bits per heavy atom. The maximum absolute atomic E-state index is 12.5. The number of carboxylic acids is 3. The lowest BCUT2D eigenvalue weighted by atomic mass is 10.1. The van der Waals surface area contributed by atoms with Gasteiger partial charge in [-0.3, -0.25) is 38.3 Å². The molecule has 15 N–H and O–H groups in total. The number of aliphatic carboxylic acids is 3. The molecule has 0 aromatic rings. The quantitative estimate of drug-likeness (QED) is 0.00521. The van der Waals surface area contributed by atoms with Crippen LogP contribution < -0.4 is 53.5 Å².